The van der Waals surface area contributed by atoms with E-state index in [1.807, 2.05) is 34.6 Å². The lowest BCUT2D eigenvalue weighted by molar-refractivity contribution is -0.403. The summed E-state index contributed by atoms with van der Waals surface area (Å²) >= 11 is 0. The van der Waals surface area contributed by atoms with Gasteiger partial charge < -0.3 is 41.9 Å². The monoisotopic (exact) mass is 722 g/mol. The van der Waals surface area contributed by atoms with Crippen molar-refractivity contribution in [3.8, 4) is 17.6 Å². The standard InChI is InChI=1S/C36H46N6O10/c1-22(2)18-29(33(46)41-28(35(49)50)9-7-6-8-27(34(47)48)39-32(45)20-36(3,4)5)40-31(44)19-23-10-12-24(13-11-23)37-30(21-42(51)52)38-25-14-16-26(43)17-15-25/h10-17,21-22,27-29,37-38,43H,8-9,18-20H2,1-5H3,(H,39,45)(H,40,44)(H,41,46)(H,47,48)(H,49,50)/b30-21+. The molecule has 3 atom stereocenters. The van der Waals surface area contributed by atoms with Crippen molar-refractivity contribution < 1.29 is 44.2 Å². The Kier molecular flexibility index (Phi) is 16.1. The number of phenols is 1. The molecule has 0 aliphatic carbocycles. The minimum absolute atomic E-state index is 0.0323. The molecule has 16 heteroatoms. The first-order chi connectivity index (χ1) is 24.3. The van der Waals surface area contributed by atoms with Crippen LogP contribution in [0.15, 0.2) is 60.6 Å². The third-order valence-corrected chi connectivity index (χ3v) is 7.01. The molecule has 0 aromatic heterocycles. The second-order valence-corrected chi connectivity index (χ2v) is 13.6. The Morgan fingerprint density at radius 2 is 1.27 bits per heavy atom. The van der Waals surface area contributed by atoms with Crippen LogP contribution in [0.1, 0.15) is 65.9 Å². The molecule has 3 unspecified atom stereocenters. The second kappa shape index (κ2) is 19.9. The number of anilines is 2. The molecule has 0 aliphatic heterocycles. The number of nitrogens with zero attached hydrogens (tertiary/aromatic N) is 1. The van der Waals surface area contributed by atoms with Crippen LogP contribution in [-0.4, -0.2) is 68.0 Å². The molecule has 2 rings (SSSR count). The molecular formula is C36H46N6O10. The first-order valence-electron chi connectivity index (χ1n) is 16.4. The topological polar surface area (TPSA) is 249 Å². The fourth-order valence-electron chi connectivity index (χ4n) is 4.64. The number of nitrogens with one attached hydrogen (secondary N) is 5. The van der Waals surface area contributed by atoms with Gasteiger partial charge in [0.1, 0.15) is 23.9 Å². The maximum atomic E-state index is 13.2. The highest BCUT2D eigenvalue weighted by Crippen LogP contribution is 2.19. The Labute approximate surface area is 301 Å². The number of aliphatic carboxylic acids is 2. The number of amides is 3. The number of carbonyl (C=O) groups is 5. The Hall–Kier alpha value is -6.11. The molecule has 8 N–H and O–H groups in total. The van der Waals surface area contributed by atoms with Crippen LogP contribution in [0.2, 0.25) is 0 Å². The zero-order valence-electron chi connectivity index (χ0n) is 29.7. The predicted molar refractivity (Wildman–Crippen MR) is 192 cm³/mol. The SMILES string of the molecule is CC(C)CC(NC(=O)Cc1ccc(N/C(=C\[N+](=O)[O-])Nc2ccc(O)cc2)cc1)C(=O)NC(CC#CCC(NC(=O)CC(C)(C)C)C(=O)O)C(=O)O. The second-order valence-electron chi connectivity index (χ2n) is 13.6. The van der Waals surface area contributed by atoms with Crippen molar-refractivity contribution in [3.63, 3.8) is 0 Å². The van der Waals surface area contributed by atoms with Crippen LogP contribution in [0, 0.1) is 33.3 Å². The van der Waals surface area contributed by atoms with Gasteiger partial charge in [0.05, 0.1) is 11.3 Å². The van der Waals surface area contributed by atoms with Crippen molar-refractivity contribution in [2.24, 2.45) is 11.3 Å². The number of phenolic OH excluding ortho intramolecular Hbond substituents is 1. The number of benzene rings is 2. The molecule has 0 fully saturated rings. The number of carboxylic acids is 2. The molecule has 280 valence electrons. The zero-order chi connectivity index (χ0) is 39.0. The zero-order valence-corrected chi connectivity index (χ0v) is 29.7. The maximum absolute atomic E-state index is 13.2. The average molecular weight is 723 g/mol. The predicted octanol–water partition coefficient (Wildman–Crippen LogP) is 3.42. The van der Waals surface area contributed by atoms with Crippen molar-refractivity contribution in [1.82, 2.24) is 16.0 Å². The summed E-state index contributed by atoms with van der Waals surface area (Å²) in [6.07, 6.45) is 0.282. The minimum atomic E-state index is -1.46. The summed E-state index contributed by atoms with van der Waals surface area (Å²) < 4.78 is 0. The van der Waals surface area contributed by atoms with Crippen LogP contribution < -0.4 is 26.6 Å². The van der Waals surface area contributed by atoms with Gasteiger partial charge in [0.2, 0.25) is 17.7 Å². The highest BCUT2D eigenvalue weighted by molar-refractivity contribution is 5.91. The lowest BCUT2D eigenvalue weighted by atomic mass is 9.92. The Balaban J connectivity index is 2.03. The van der Waals surface area contributed by atoms with E-state index < -0.39 is 52.7 Å². The molecule has 0 saturated carbocycles. The third-order valence-electron chi connectivity index (χ3n) is 7.01. The highest BCUT2D eigenvalue weighted by Gasteiger charge is 2.27. The van der Waals surface area contributed by atoms with Gasteiger partial charge in [0.25, 0.3) is 6.20 Å². The van der Waals surface area contributed by atoms with Crippen LogP contribution in [0.3, 0.4) is 0 Å². The van der Waals surface area contributed by atoms with Crippen LogP contribution in [0.5, 0.6) is 5.75 Å². The van der Waals surface area contributed by atoms with E-state index in [-0.39, 0.29) is 55.0 Å². The van der Waals surface area contributed by atoms with E-state index in [1.54, 1.807) is 24.3 Å². The number of hydrogen-bond acceptors (Lipinski definition) is 10. The van der Waals surface area contributed by atoms with Gasteiger partial charge >= 0.3 is 11.9 Å². The maximum Gasteiger partial charge on any atom is 0.327 e. The van der Waals surface area contributed by atoms with E-state index in [0.717, 1.165) is 6.20 Å². The van der Waals surface area contributed by atoms with E-state index in [9.17, 15) is 49.4 Å². The van der Waals surface area contributed by atoms with E-state index in [0.29, 0.717) is 16.9 Å². The number of carbonyl (C=O) groups excluding carboxylic acids is 3. The van der Waals surface area contributed by atoms with Crippen molar-refractivity contribution >= 4 is 41.0 Å². The number of hydrogen-bond donors (Lipinski definition) is 8. The lowest BCUT2D eigenvalue weighted by Crippen LogP contribution is -2.52. The molecule has 0 bridgehead atoms. The van der Waals surface area contributed by atoms with E-state index >= 15 is 0 Å². The molecule has 0 spiro atoms. The van der Waals surface area contributed by atoms with Crippen LogP contribution in [0.25, 0.3) is 0 Å². The minimum Gasteiger partial charge on any atom is -0.508 e. The van der Waals surface area contributed by atoms with Crippen molar-refractivity contribution in [2.75, 3.05) is 10.6 Å². The van der Waals surface area contributed by atoms with Gasteiger partial charge in [-0.15, -0.1) is 11.8 Å². The molecule has 0 radical (unpaired) electrons. The van der Waals surface area contributed by atoms with E-state index in [4.69, 9.17) is 0 Å². The van der Waals surface area contributed by atoms with Crippen LogP contribution in [0.4, 0.5) is 11.4 Å². The normalized spacial score (nSPS) is 13.0. The van der Waals surface area contributed by atoms with Gasteiger partial charge in [-0.25, -0.2) is 9.59 Å². The number of aromatic hydroxyl groups is 1. The fraction of sp³-hybridized carbons (Fsp3) is 0.417. The van der Waals surface area contributed by atoms with Crippen LogP contribution >= 0.6 is 0 Å². The number of carboxylic acid groups (broad SMARTS) is 2. The van der Waals surface area contributed by atoms with Gasteiger partial charge in [-0.3, -0.25) is 24.5 Å². The molecule has 16 nitrogen and oxygen atoms in total. The smallest absolute Gasteiger partial charge is 0.327 e. The first-order valence-corrected chi connectivity index (χ1v) is 16.4. The van der Waals surface area contributed by atoms with Gasteiger partial charge in [0, 0.05) is 30.6 Å². The molecule has 3 amide bonds. The third kappa shape index (κ3) is 16.5. The molecule has 0 heterocycles. The van der Waals surface area contributed by atoms with Gasteiger partial charge in [-0.05, 0) is 59.7 Å². The van der Waals surface area contributed by atoms with Crippen molar-refractivity contribution in [2.45, 2.75) is 84.8 Å². The van der Waals surface area contributed by atoms with Gasteiger partial charge in [-0.2, -0.15) is 0 Å². The molecular weight excluding hydrogens is 676 g/mol. The summed E-state index contributed by atoms with van der Waals surface area (Å²) in [6.45, 7) is 9.15. The van der Waals surface area contributed by atoms with Crippen molar-refractivity contribution in [1.29, 1.82) is 0 Å². The van der Waals surface area contributed by atoms with Gasteiger partial charge in [0.15, 0.2) is 5.82 Å². The number of rotatable bonds is 18. The lowest BCUT2D eigenvalue weighted by Gasteiger charge is -2.22. The molecule has 0 saturated heterocycles. The molecule has 0 aliphatic rings. The summed E-state index contributed by atoms with van der Waals surface area (Å²) in [5.74, 6) is 0.782. The number of nitro groups is 1. The Bertz CT molecular complexity index is 1670. The largest absolute Gasteiger partial charge is 0.508 e. The van der Waals surface area contributed by atoms with Gasteiger partial charge in [-0.1, -0.05) is 46.8 Å². The average Bonchev–Trinajstić information content (AvgIpc) is 3.01. The quantitative estimate of drug-likeness (QED) is 0.0477. The summed E-state index contributed by atoms with van der Waals surface area (Å²) in [6, 6.07) is 8.53. The summed E-state index contributed by atoms with van der Waals surface area (Å²) in [5.41, 5.74) is 1.15. The Morgan fingerprint density at radius 3 is 1.73 bits per heavy atom. The molecule has 52 heavy (non-hydrogen) atoms. The first kappa shape index (κ1) is 42.1. The summed E-state index contributed by atoms with van der Waals surface area (Å²) in [5, 5.41) is 53.0. The molecule has 2 aromatic carbocycles. The Morgan fingerprint density at radius 1 is 0.788 bits per heavy atom. The molecule has 2 aromatic rings. The van der Waals surface area contributed by atoms with Crippen LogP contribution in [-0.2, 0) is 30.4 Å². The summed E-state index contributed by atoms with van der Waals surface area (Å²) in [7, 11) is 0. The fourth-order valence-corrected chi connectivity index (χ4v) is 4.64. The van der Waals surface area contributed by atoms with E-state index in [1.165, 1.54) is 24.3 Å². The summed E-state index contributed by atoms with van der Waals surface area (Å²) in [4.78, 5) is 72.4. The van der Waals surface area contributed by atoms with E-state index in [2.05, 4.69) is 38.4 Å². The van der Waals surface area contributed by atoms with Crippen molar-refractivity contribution in [3.05, 3.63) is 76.2 Å². The highest BCUT2D eigenvalue weighted by atomic mass is 16.6.